The average molecular weight is 328 g/mol. The van der Waals surface area contributed by atoms with Gasteiger partial charge in [0.05, 0.1) is 6.54 Å². The number of nitrogens with one attached hydrogen (secondary N) is 1. The first-order valence-electron chi connectivity index (χ1n) is 6.28. The molecule has 0 spiro atoms. The summed E-state index contributed by atoms with van der Waals surface area (Å²) in [4.78, 5) is 13.1. The molecule has 0 bridgehead atoms. The van der Waals surface area contributed by atoms with E-state index < -0.39 is 0 Å². The lowest BCUT2D eigenvalue weighted by Gasteiger charge is -2.17. The number of carbonyl (C=O) groups is 1. The number of hydrogen-bond donors (Lipinski definition) is 2. The molecule has 5 nitrogen and oxygen atoms in total. The van der Waals surface area contributed by atoms with E-state index in [4.69, 9.17) is 10.5 Å². The maximum absolute atomic E-state index is 11.4. The summed E-state index contributed by atoms with van der Waals surface area (Å²) in [6, 6.07) is 5.66. The highest BCUT2D eigenvalue weighted by Crippen LogP contribution is 2.27. The predicted octanol–water partition coefficient (Wildman–Crippen LogP) is 1.87. The largest absolute Gasteiger partial charge is 0.491 e. The lowest BCUT2D eigenvalue weighted by Crippen LogP contribution is -2.32. The molecule has 1 heterocycles. The van der Waals surface area contributed by atoms with Gasteiger partial charge in [-0.3, -0.25) is 0 Å². The van der Waals surface area contributed by atoms with E-state index in [1.807, 2.05) is 25.1 Å². The van der Waals surface area contributed by atoms with Crippen LogP contribution in [0.4, 0.5) is 4.79 Å². The predicted molar refractivity (Wildman–Crippen MR) is 77.2 cm³/mol. The molecule has 1 saturated heterocycles. The van der Waals surface area contributed by atoms with Gasteiger partial charge in [0.25, 0.3) is 0 Å². The number of urea groups is 1. The third-order valence-corrected chi connectivity index (χ3v) is 3.52. The van der Waals surface area contributed by atoms with Crippen LogP contribution in [0.5, 0.6) is 5.75 Å². The molecule has 2 amide bonds. The number of ether oxygens (including phenoxy) is 1. The van der Waals surface area contributed by atoms with Gasteiger partial charge in [0.1, 0.15) is 12.4 Å². The van der Waals surface area contributed by atoms with Gasteiger partial charge in [0.15, 0.2) is 0 Å². The highest BCUT2D eigenvalue weighted by atomic mass is 79.9. The average Bonchev–Trinajstić information content (AvgIpc) is 2.77. The van der Waals surface area contributed by atoms with E-state index in [0.29, 0.717) is 19.7 Å². The monoisotopic (exact) mass is 327 g/mol. The van der Waals surface area contributed by atoms with Crippen molar-refractivity contribution in [2.24, 2.45) is 5.73 Å². The highest BCUT2D eigenvalue weighted by Gasteiger charge is 2.19. The van der Waals surface area contributed by atoms with Gasteiger partial charge in [0.2, 0.25) is 0 Å². The summed E-state index contributed by atoms with van der Waals surface area (Å²) in [7, 11) is 0. The van der Waals surface area contributed by atoms with Crippen LogP contribution in [0.15, 0.2) is 22.7 Å². The molecule has 1 aliphatic rings. The van der Waals surface area contributed by atoms with E-state index in [2.05, 4.69) is 21.2 Å². The van der Waals surface area contributed by atoms with Gasteiger partial charge in [-0.1, -0.05) is 15.9 Å². The molecule has 6 heteroatoms. The van der Waals surface area contributed by atoms with Crippen molar-refractivity contribution in [1.82, 2.24) is 10.2 Å². The number of hydrogen-bond acceptors (Lipinski definition) is 3. The topological polar surface area (TPSA) is 67.6 Å². The minimum atomic E-state index is -0.0948. The Hall–Kier alpha value is -1.27. The number of benzene rings is 1. The molecule has 19 heavy (non-hydrogen) atoms. The minimum Gasteiger partial charge on any atom is -0.491 e. The molecule has 1 aromatic carbocycles. The van der Waals surface area contributed by atoms with Crippen molar-refractivity contribution in [2.75, 3.05) is 26.2 Å². The molecule has 2 rings (SSSR count). The third kappa shape index (κ3) is 3.61. The summed E-state index contributed by atoms with van der Waals surface area (Å²) in [5.41, 5.74) is 6.88. The third-order valence-electron chi connectivity index (χ3n) is 3.03. The van der Waals surface area contributed by atoms with E-state index in [1.165, 1.54) is 0 Å². The molecule has 0 aliphatic carbocycles. The molecular weight excluding hydrogens is 310 g/mol. The van der Waals surface area contributed by atoms with Crippen LogP contribution in [0.2, 0.25) is 0 Å². The molecule has 0 radical (unpaired) electrons. The highest BCUT2D eigenvalue weighted by molar-refractivity contribution is 9.10. The summed E-state index contributed by atoms with van der Waals surface area (Å²) >= 11 is 3.42. The van der Waals surface area contributed by atoms with Crippen LogP contribution in [0.25, 0.3) is 0 Å². The summed E-state index contributed by atoms with van der Waals surface area (Å²) in [6.45, 7) is 4.42. The van der Waals surface area contributed by atoms with Crippen molar-refractivity contribution in [2.45, 2.75) is 13.0 Å². The zero-order valence-corrected chi connectivity index (χ0v) is 12.4. The van der Waals surface area contributed by atoms with Gasteiger partial charge in [-0.05, 0) is 25.1 Å². The van der Waals surface area contributed by atoms with Crippen molar-refractivity contribution >= 4 is 22.0 Å². The fraction of sp³-hybridized carbons (Fsp3) is 0.462. The summed E-state index contributed by atoms with van der Waals surface area (Å²) in [5.74, 6) is 0.776. The Morgan fingerprint density at radius 2 is 2.37 bits per heavy atom. The molecule has 1 fully saturated rings. The lowest BCUT2D eigenvalue weighted by molar-refractivity contribution is 0.202. The first-order valence-corrected chi connectivity index (χ1v) is 7.08. The second-order valence-corrected chi connectivity index (χ2v) is 5.45. The van der Waals surface area contributed by atoms with Crippen molar-refractivity contribution in [3.63, 3.8) is 0 Å². The molecule has 3 N–H and O–H groups in total. The smallest absolute Gasteiger partial charge is 0.317 e. The number of carbonyl (C=O) groups excluding carboxylic acids is 1. The molecule has 1 atom stereocenters. The SMILES string of the molecule is C[C@@H](N)c1cc(Br)ccc1OCCN1CCNC1=O. The van der Waals surface area contributed by atoms with E-state index >= 15 is 0 Å². The quantitative estimate of drug-likeness (QED) is 0.867. The zero-order chi connectivity index (χ0) is 13.8. The first-order chi connectivity index (χ1) is 9.08. The van der Waals surface area contributed by atoms with E-state index in [0.717, 1.165) is 22.3 Å². The van der Waals surface area contributed by atoms with Gasteiger partial charge in [-0.25, -0.2) is 4.79 Å². The second-order valence-electron chi connectivity index (χ2n) is 4.54. The molecule has 0 aromatic heterocycles. The van der Waals surface area contributed by atoms with Gasteiger partial charge < -0.3 is 20.7 Å². The zero-order valence-electron chi connectivity index (χ0n) is 10.9. The van der Waals surface area contributed by atoms with Crippen LogP contribution in [-0.2, 0) is 0 Å². The van der Waals surface area contributed by atoms with Gasteiger partial charge >= 0.3 is 6.03 Å². The Labute approximate surface area is 121 Å². The maximum Gasteiger partial charge on any atom is 0.317 e. The van der Waals surface area contributed by atoms with Crippen LogP contribution >= 0.6 is 15.9 Å². The van der Waals surface area contributed by atoms with Crippen molar-refractivity contribution in [3.05, 3.63) is 28.2 Å². The maximum atomic E-state index is 11.4. The van der Waals surface area contributed by atoms with E-state index in [-0.39, 0.29) is 12.1 Å². The first kappa shape index (κ1) is 14.1. The Bertz CT molecular complexity index is 465. The van der Waals surface area contributed by atoms with Crippen LogP contribution < -0.4 is 15.8 Å². The van der Waals surface area contributed by atoms with E-state index in [1.54, 1.807) is 4.90 Å². The van der Waals surface area contributed by atoms with Crippen LogP contribution in [0, 0.1) is 0 Å². The minimum absolute atomic E-state index is 0.0215. The second kappa shape index (κ2) is 6.25. The molecule has 1 aliphatic heterocycles. The molecule has 0 saturated carbocycles. The normalized spacial score (nSPS) is 16.4. The Kier molecular flexibility index (Phi) is 4.66. The fourth-order valence-electron chi connectivity index (χ4n) is 2.00. The number of rotatable bonds is 5. The number of amides is 2. The van der Waals surface area contributed by atoms with Crippen LogP contribution in [-0.4, -0.2) is 37.2 Å². The van der Waals surface area contributed by atoms with Gasteiger partial charge in [0, 0.05) is 29.2 Å². The van der Waals surface area contributed by atoms with Crippen molar-refractivity contribution < 1.29 is 9.53 Å². The molecular formula is C13H18BrN3O2. The Morgan fingerprint density at radius 3 is 3.00 bits per heavy atom. The molecule has 0 unspecified atom stereocenters. The Balaban J connectivity index is 1.93. The van der Waals surface area contributed by atoms with Gasteiger partial charge in [-0.2, -0.15) is 0 Å². The number of halogens is 1. The number of nitrogens with two attached hydrogens (primary N) is 1. The van der Waals surface area contributed by atoms with E-state index in [9.17, 15) is 4.79 Å². The summed E-state index contributed by atoms with van der Waals surface area (Å²) in [5, 5.41) is 2.76. The fourth-order valence-corrected chi connectivity index (χ4v) is 2.38. The van der Waals surface area contributed by atoms with Gasteiger partial charge in [-0.15, -0.1) is 0 Å². The standard InChI is InChI=1S/C13H18BrN3O2/c1-9(15)11-8-10(14)2-3-12(11)19-7-6-17-5-4-16-13(17)18/h2-3,8-9H,4-7,15H2,1H3,(H,16,18)/t9-/m1/s1. The Morgan fingerprint density at radius 1 is 1.58 bits per heavy atom. The summed E-state index contributed by atoms with van der Waals surface area (Å²) in [6.07, 6.45) is 0. The molecule has 104 valence electrons. The lowest BCUT2D eigenvalue weighted by atomic mass is 10.1. The number of nitrogens with zero attached hydrogens (tertiary/aromatic N) is 1. The van der Waals surface area contributed by atoms with Crippen LogP contribution in [0.3, 0.4) is 0 Å². The van der Waals surface area contributed by atoms with Crippen molar-refractivity contribution in [3.8, 4) is 5.75 Å². The van der Waals surface area contributed by atoms with Crippen LogP contribution in [0.1, 0.15) is 18.5 Å². The summed E-state index contributed by atoms with van der Waals surface area (Å²) < 4.78 is 6.72. The molecule has 1 aromatic rings. The van der Waals surface area contributed by atoms with Crippen molar-refractivity contribution in [1.29, 1.82) is 0 Å².